The van der Waals surface area contributed by atoms with Gasteiger partial charge in [0.15, 0.2) is 0 Å². The molecule has 56 valence electrons. The average Bonchev–Trinajstić information content (AvgIpc) is 2.34. The van der Waals surface area contributed by atoms with E-state index in [1.807, 2.05) is 0 Å². The molecule has 1 rings (SSSR count). The van der Waals surface area contributed by atoms with E-state index in [1.54, 1.807) is 11.3 Å². The first-order valence-corrected chi connectivity index (χ1v) is 4.37. The lowest BCUT2D eigenvalue weighted by Crippen LogP contribution is -2.08. The van der Waals surface area contributed by atoms with Crippen LogP contribution >= 0.6 is 11.3 Å². The Labute approximate surface area is 65.9 Å². The molecule has 0 spiro atoms. The van der Waals surface area contributed by atoms with Gasteiger partial charge in [0, 0.05) is 10.8 Å². The van der Waals surface area contributed by atoms with Gasteiger partial charge in [-0.05, 0) is 30.5 Å². The summed E-state index contributed by atoms with van der Waals surface area (Å²) in [6.45, 7) is 5.05. The van der Waals surface area contributed by atoms with Crippen molar-refractivity contribution >= 4 is 11.3 Å². The number of hydrogen-bond acceptors (Lipinski definition) is 2. The lowest BCUT2D eigenvalue weighted by molar-refractivity contribution is 0.785. The Kier molecular flexibility index (Phi) is 2.46. The molecule has 2 N–H and O–H groups in total. The van der Waals surface area contributed by atoms with E-state index in [0.717, 1.165) is 6.54 Å². The van der Waals surface area contributed by atoms with Crippen molar-refractivity contribution in [2.75, 3.05) is 6.54 Å². The summed E-state index contributed by atoms with van der Waals surface area (Å²) in [5.41, 5.74) is 6.92. The van der Waals surface area contributed by atoms with Crippen molar-refractivity contribution in [3.8, 4) is 0 Å². The van der Waals surface area contributed by atoms with E-state index < -0.39 is 0 Å². The van der Waals surface area contributed by atoms with Crippen LogP contribution in [0.15, 0.2) is 11.4 Å². The molecule has 2 heteroatoms. The molecule has 0 fully saturated rings. The van der Waals surface area contributed by atoms with Gasteiger partial charge in [-0.1, -0.05) is 6.92 Å². The van der Waals surface area contributed by atoms with Gasteiger partial charge in [0.2, 0.25) is 0 Å². The van der Waals surface area contributed by atoms with Gasteiger partial charge < -0.3 is 5.73 Å². The topological polar surface area (TPSA) is 26.0 Å². The fraction of sp³-hybridized carbons (Fsp3) is 0.500. The first-order chi connectivity index (χ1) is 4.75. The SMILES string of the molecule is Cc1ccsc1C(C)CN. The number of hydrogen-bond donors (Lipinski definition) is 1. The summed E-state index contributed by atoms with van der Waals surface area (Å²) in [4.78, 5) is 1.43. The monoisotopic (exact) mass is 155 g/mol. The van der Waals surface area contributed by atoms with Gasteiger partial charge >= 0.3 is 0 Å². The zero-order chi connectivity index (χ0) is 7.56. The molecule has 0 saturated heterocycles. The fourth-order valence-corrected chi connectivity index (χ4v) is 2.00. The summed E-state index contributed by atoms with van der Waals surface area (Å²) in [7, 11) is 0. The van der Waals surface area contributed by atoms with E-state index in [2.05, 4.69) is 25.3 Å². The van der Waals surface area contributed by atoms with Gasteiger partial charge in [-0.15, -0.1) is 11.3 Å². The Hall–Kier alpha value is -0.340. The van der Waals surface area contributed by atoms with Crippen LogP contribution < -0.4 is 5.73 Å². The summed E-state index contributed by atoms with van der Waals surface area (Å²) < 4.78 is 0. The van der Waals surface area contributed by atoms with Gasteiger partial charge in [0.1, 0.15) is 0 Å². The number of aryl methyl sites for hydroxylation is 1. The smallest absolute Gasteiger partial charge is 0.0115 e. The van der Waals surface area contributed by atoms with Crippen molar-refractivity contribution < 1.29 is 0 Å². The second-order valence-corrected chi connectivity index (χ2v) is 3.55. The summed E-state index contributed by atoms with van der Waals surface area (Å²) in [6.07, 6.45) is 0. The van der Waals surface area contributed by atoms with E-state index in [-0.39, 0.29) is 0 Å². The zero-order valence-corrected chi connectivity index (χ0v) is 7.24. The van der Waals surface area contributed by atoms with Gasteiger partial charge in [-0.3, -0.25) is 0 Å². The normalized spacial score (nSPS) is 13.5. The number of nitrogens with two attached hydrogens (primary N) is 1. The van der Waals surface area contributed by atoms with Crippen LogP contribution in [0.1, 0.15) is 23.3 Å². The van der Waals surface area contributed by atoms with Gasteiger partial charge in [-0.25, -0.2) is 0 Å². The lowest BCUT2D eigenvalue weighted by atomic mass is 10.1. The summed E-state index contributed by atoms with van der Waals surface area (Å²) >= 11 is 1.80. The van der Waals surface area contributed by atoms with Gasteiger partial charge in [0.25, 0.3) is 0 Å². The first kappa shape index (κ1) is 7.76. The maximum absolute atomic E-state index is 5.54. The number of thiophene rings is 1. The van der Waals surface area contributed by atoms with Crippen LogP contribution in [0.3, 0.4) is 0 Å². The minimum Gasteiger partial charge on any atom is -0.330 e. The third-order valence-electron chi connectivity index (χ3n) is 1.70. The summed E-state index contributed by atoms with van der Waals surface area (Å²) in [5.74, 6) is 0.528. The highest BCUT2D eigenvalue weighted by Crippen LogP contribution is 2.23. The zero-order valence-electron chi connectivity index (χ0n) is 6.42. The Morgan fingerprint density at radius 3 is 2.80 bits per heavy atom. The van der Waals surface area contributed by atoms with Crippen LogP contribution in [-0.2, 0) is 0 Å². The highest BCUT2D eigenvalue weighted by Gasteiger charge is 2.06. The molecule has 0 bridgehead atoms. The van der Waals surface area contributed by atoms with Crippen LogP contribution in [0.25, 0.3) is 0 Å². The van der Waals surface area contributed by atoms with Crippen molar-refractivity contribution in [2.24, 2.45) is 5.73 Å². The lowest BCUT2D eigenvalue weighted by Gasteiger charge is -2.05. The number of rotatable bonds is 2. The van der Waals surface area contributed by atoms with E-state index in [9.17, 15) is 0 Å². The first-order valence-electron chi connectivity index (χ1n) is 3.49. The van der Waals surface area contributed by atoms with Gasteiger partial charge in [-0.2, -0.15) is 0 Å². The molecule has 0 saturated carbocycles. The summed E-state index contributed by atoms with van der Waals surface area (Å²) in [5, 5.41) is 2.12. The van der Waals surface area contributed by atoms with Crippen molar-refractivity contribution in [1.29, 1.82) is 0 Å². The summed E-state index contributed by atoms with van der Waals surface area (Å²) in [6, 6.07) is 2.14. The predicted octanol–water partition coefficient (Wildman–Crippen LogP) is 2.12. The van der Waals surface area contributed by atoms with Crippen molar-refractivity contribution in [1.82, 2.24) is 0 Å². The molecule has 1 aromatic heterocycles. The molecule has 1 heterocycles. The third kappa shape index (κ3) is 1.39. The van der Waals surface area contributed by atoms with Crippen LogP contribution in [0.5, 0.6) is 0 Å². The highest BCUT2D eigenvalue weighted by molar-refractivity contribution is 7.10. The molecule has 1 aromatic rings. The minimum absolute atomic E-state index is 0.528. The van der Waals surface area contributed by atoms with E-state index in [0.29, 0.717) is 5.92 Å². The van der Waals surface area contributed by atoms with Crippen LogP contribution in [0.4, 0.5) is 0 Å². The standard InChI is InChI=1S/C8H13NS/c1-6-3-4-10-8(6)7(2)5-9/h3-4,7H,5,9H2,1-2H3. The highest BCUT2D eigenvalue weighted by atomic mass is 32.1. The molecule has 1 atom stereocenters. The maximum Gasteiger partial charge on any atom is 0.0115 e. The van der Waals surface area contributed by atoms with Crippen molar-refractivity contribution in [3.63, 3.8) is 0 Å². The predicted molar refractivity (Wildman–Crippen MR) is 46.5 cm³/mol. The molecule has 0 aliphatic carbocycles. The quantitative estimate of drug-likeness (QED) is 0.695. The molecule has 0 aliphatic heterocycles. The van der Waals surface area contributed by atoms with E-state index in [1.165, 1.54) is 10.4 Å². The van der Waals surface area contributed by atoms with Crippen LogP contribution in [-0.4, -0.2) is 6.54 Å². The Morgan fingerprint density at radius 1 is 1.70 bits per heavy atom. The second-order valence-electron chi connectivity index (χ2n) is 2.60. The Balaban J connectivity index is 2.82. The van der Waals surface area contributed by atoms with Crippen LogP contribution in [0, 0.1) is 6.92 Å². The molecule has 0 radical (unpaired) electrons. The Bertz CT molecular complexity index is 205. The molecule has 10 heavy (non-hydrogen) atoms. The minimum atomic E-state index is 0.528. The molecule has 1 nitrogen and oxygen atoms in total. The fourth-order valence-electron chi connectivity index (χ4n) is 0.996. The van der Waals surface area contributed by atoms with E-state index >= 15 is 0 Å². The third-order valence-corrected chi connectivity index (χ3v) is 2.95. The Morgan fingerprint density at radius 2 is 2.40 bits per heavy atom. The average molecular weight is 155 g/mol. The molecule has 0 aliphatic rings. The molecule has 0 aromatic carbocycles. The molecular formula is C8H13NS. The van der Waals surface area contributed by atoms with Gasteiger partial charge in [0.05, 0.1) is 0 Å². The molecule has 0 amide bonds. The maximum atomic E-state index is 5.54. The van der Waals surface area contributed by atoms with Crippen LogP contribution in [0.2, 0.25) is 0 Å². The molecule has 1 unspecified atom stereocenters. The molecular weight excluding hydrogens is 142 g/mol. The van der Waals surface area contributed by atoms with Crippen molar-refractivity contribution in [3.05, 3.63) is 21.9 Å². The van der Waals surface area contributed by atoms with Crippen molar-refractivity contribution in [2.45, 2.75) is 19.8 Å². The van der Waals surface area contributed by atoms with E-state index in [4.69, 9.17) is 5.73 Å². The largest absolute Gasteiger partial charge is 0.330 e. The second kappa shape index (κ2) is 3.17.